The van der Waals surface area contributed by atoms with Crippen molar-refractivity contribution in [2.24, 2.45) is 17.8 Å². The van der Waals surface area contributed by atoms with Crippen molar-refractivity contribution in [2.75, 3.05) is 13.2 Å². The Morgan fingerprint density at radius 1 is 1.23 bits per heavy atom. The van der Waals surface area contributed by atoms with Crippen molar-refractivity contribution in [3.05, 3.63) is 29.8 Å². The number of carboxylic acid groups (broad SMARTS) is 1. The maximum absolute atomic E-state index is 12.0. The van der Waals surface area contributed by atoms with Gasteiger partial charge in [0.1, 0.15) is 5.75 Å². The Morgan fingerprint density at radius 3 is 2.59 bits per heavy atom. The number of ether oxygens (including phenoxy) is 1. The molecule has 2 aliphatic rings. The molecule has 2 N–H and O–H groups in total. The summed E-state index contributed by atoms with van der Waals surface area (Å²) in [5.74, 6) is 1.51. The van der Waals surface area contributed by atoms with Crippen LogP contribution in [0.15, 0.2) is 24.3 Å². The third kappa shape index (κ3) is 4.00. The summed E-state index contributed by atoms with van der Waals surface area (Å²) < 4.78 is 5.08. The van der Waals surface area contributed by atoms with Gasteiger partial charge in [0.25, 0.3) is 0 Å². The molecule has 1 aromatic rings. The van der Waals surface area contributed by atoms with Crippen molar-refractivity contribution >= 4 is 11.9 Å². The lowest BCUT2D eigenvalue weighted by Crippen LogP contribution is -2.27. The van der Waals surface area contributed by atoms with Crippen LogP contribution < -0.4 is 10.1 Å². The van der Waals surface area contributed by atoms with Crippen LogP contribution in [0.1, 0.15) is 24.8 Å². The molecule has 0 aliphatic heterocycles. The minimum Gasteiger partial charge on any atom is -0.482 e. The standard InChI is InChI=1S/C17H21NO4/c19-16(20)10-22-13-5-1-11(2-6-13)7-8-18-17(21)15-9-14(15)12-3-4-12/h1-2,5-6,12,14-15H,3-4,7-10H2,(H,18,21)(H,19,20)/t14-,15-/m0/s1. The van der Waals surface area contributed by atoms with Crippen LogP contribution in [0.3, 0.4) is 0 Å². The average molecular weight is 303 g/mol. The smallest absolute Gasteiger partial charge is 0.341 e. The van der Waals surface area contributed by atoms with Gasteiger partial charge in [-0.05, 0) is 55.2 Å². The van der Waals surface area contributed by atoms with Crippen LogP contribution in [0.5, 0.6) is 5.75 Å². The van der Waals surface area contributed by atoms with Crippen LogP contribution in [0.2, 0.25) is 0 Å². The predicted octanol–water partition coefficient (Wildman–Crippen LogP) is 1.85. The van der Waals surface area contributed by atoms with Crippen molar-refractivity contribution in [1.29, 1.82) is 0 Å². The summed E-state index contributed by atoms with van der Waals surface area (Å²) in [6.45, 7) is 0.307. The quantitative estimate of drug-likeness (QED) is 0.768. The zero-order chi connectivity index (χ0) is 15.5. The third-order valence-corrected chi connectivity index (χ3v) is 4.40. The largest absolute Gasteiger partial charge is 0.482 e. The van der Waals surface area contributed by atoms with Crippen molar-refractivity contribution in [2.45, 2.75) is 25.7 Å². The van der Waals surface area contributed by atoms with Crippen LogP contribution in [0, 0.1) is 17.8 Å². The van der Waals surface area contributed by atoms with Crippen molar-refractivity contribution < 1.29 is 19.4 Å². The molecule has 22 heavy (non-hydrogen) atoms. The molecule has 2 saturated carbocycles. The Bertz CT molecular complexity index is 550. The van der Waals surface area contributed by atoms with Crippen molar-refractivity contribution in [1.82, 2.24) is 5.32 Å². The Balaban J connectivity index is 1.36. The molecular formula is C17H21NO4. The van der Waals surface area contributed by atoms with E-state index in [1.54, 1.807) is 12.1 Å². The molecule has 5 heteroatoms. The molecule has 0 unspecified atom stereocenters. The van der Waals surface area contributed by atoms with Gasteiger partial charge < -0.3 is 15.2 Å². The minimum atomic E-state index is -0.989. The van der Waals surface area contributed by atoms with E-state index >= 15 is 0 Å². The molecule has 2 aliphatic carbocycles. The molecule has 3 rings (SSSR count). The normalized spacial score (nSPS) is 22.9. The van der Waals surface area contributed by atoms with E-state index in [9.17, 15) is 9.59 Å². The van der Waals surface area contributed by atoms with E-state index in [0.717, 1.165) is 24.3 Å². The highest BCUT2D eigenvalue weighted by Crippen LogP contribution is 2.54. The van der Waals surface area contributed by atoms with Gasteiger partial charge in [0.2, 0.25) is 5.91 Å². The van der Waals surface area contributed by atoms with Gasteiger partial charge >= 0.3 is 5.97 Å². The fourth-order valence-corrected chi connectivity index (χ4v) is 2.92. The molecule has 0 radical (unpaired) electrons. The van der Waals surface area contributed by atoms with Gasteiger partial charge in [-0.25, -0.2) is 4.79 Å². The van der Waals surface area contributed by atoms with Gasteiger partial charge in [0, 0.05) is 12.5 Å². The van der Waals surface area contributed by atoms with Gasteiger partial charge in [-0.1, -0.05) is 12.1 Å². The molecule has 0 saturated heterocycles. The Labute approximate surface area is 129 Å². The fourth-order valence-electron chi connectivity index (χ4n) is 2.92. The molecule has 5 nitrogen and oxygen atoms in total. The summed E-state index contributed by atoms with van der Waals surface area (Å²) in [5.41, 5.74) is 1.09. The van der Waals surface area contributed by atoms with Crippen LogP contribution in [0.4, 0.5) is 0 Å². The lowest BCUT2D eigenvalue weighted by molar-refractivity contribution is -0.139. The second kappa shape index (κ2) is 6.38. The van der Waals surface area contributed by atoms with Crippen LogP contribution in [-0.4, -0.2) is 30.1 Å². The van der Waals surface area contributed by atoms with Crippen LogP contribution in [0.25, 0.3) is 0 Å². The first-order valence-corrected chi connectivity index (χ1v) is 7.85. The minimum absolute atomic E-state index is 0.207. The lowest BCUT2D eigenvalue weighted by atomic mass is 10.1. The van der Waals surface area contributed by atoms with Crippen LogP contribution >= 0.6 is 0 Å². The maximum Gasteiger partial charge on any atom is 0.341 e. The number of benzene rings is 1. The third-order valence-electron chi connectivity index (χ3n) is 4.40. The van der Waals surface area contributed by atoms with Gasteiger partial charge in [-0.3, -0.25) is 4.79 Å². The van der Waals surface area contributed by atoms with E-state index in [2.05, 4.69) is 5.32 Å². The summed E-state index contributed by atoms with van der Waals surface area (Å²) in [6.07, 6.45) is 4.47. The van der Waals surface area contributed by atoms with Gasteiger partial charge in [0.05, 0.1) is 0 Å². The van der Waals surface area contributed by atoms with E-state index in [1.165, 1.54) is 12.8 Å². The number of aliphatic carboxylic acids is 1. The molecule has 2 fully saturated rings. The van der Waals surface area contributed by atoms with E-state index in [0.29, 0.717) is 18.2 Å². The number of hydrogen-bond acceptors (Lipinski definition) is 3. The number of carbonyl (C=O) groups is 2. The molecule has 0 heterocycles. The predicted molar refractivity (Wildman–Crippen MR) is 80.6 cm³/mol. The first kappa shape index (κ1) is 14.9. The number of nitrogens with one attached hydrogen (secondary N) is 1. The highest BCUT2D eigenvalue weighted by molar-refractivity contribution is 5.81. The molecule has 1 amide bonds. The van der Waals surface area contributed by atoms with E-state index in [1.807, 2.05) is 12.1 Å². The first-order valence-electron chi connectivity index (χ1n) is 7.85. The van der Waals surface area contributed by atoms with E-state index in [-0.39, 0.29) is 18.4 Å². The summed E-state index contributed by atoms with van der Waals surface area (Å²) in [7, 11) is 0. The van der Waals surface area contributed by atoms with E-state index in [4.69, 9.17) is 9.84 Å². The monoisotopic (exact) mass is 303 g/mol. The number of carbonyl (C=O) groups excluding carboxylic acids is 1. The molecule has 2 atom stereocenters. The Hall–Kier alpha value is -2.04. The SMILES string of the molecule is O=C(O)COc1ccc(CCNC(=O)[C@H]2C[C@H]2C2CC2)cc1. The molecule has 0 bridgehead atoms. The van der Waals surface area contributed by atoms with Crippen molar-refractivity contribution in [3.8, 4) is 5.75 Å². The highest BCUT2D eigenvalue weighted by atomic mass is 16.5. The maximum atomic E-state index is 12.0. The summed E-state index contributed by atoms with van der Waals surface area (Å²) in [4.78, 5) is 22.4. The first-order chi connectivity index (χ1) is 10.6. The van der Waals surface area contributed by atoms with Crippen LogP contribution in [-0.2, 0) is 16.0 Å². The zero-order valence-electron chi connectivity index (χ0n) is 12.5. The van der Waals surface area contributed by atoms with Crippen molar-refractivity contribution in [3.63, 3.8) is 0 Å². The summed E-state index contributed by atoms with van der Waals surface area (Å²) in [6, 6.07) is 7.30. The lowest BCUT2D eigenvalue weighted by Gasteiger charge is -2.07. The Morgan fingerprint density at radius 2 is 1.95 bits per heavy atom. The number of carboxylic acids is 1. The Kier molecular flexibility index (Phi) is 4.32. The second-order valence-electron chi connectivity index (χ2n) is 6.21. The van der Waals surface area contributed by atoms with Gasteiger partial charge in [-0.2, -0.15) is 0 Å². The molecular weight excluding hydrogens is 282 g/mol. The molecule has 1 aromatic carbocycles. The second-order valence-corrected chi connectivity index (χ2v) is 6.21. The summed E-state index contributed by atoms with van der Waals surface area (Å²) >= 11 is 0. The fraction of sp³-hybridized carbons (Fsp3) is 0.529. The number of hydrogen-bond donors (Lipinski definition) is 2. The average Bonchev–Trinajstić information content (AvgIpc) is 3.38. The van der Waals surface area contributed by atoms with Gasteiger partial charge in [-0.15, -0.1) is 0 Å². The highest BCUT2D eigenvalue weighted by Gasteiger charge is 2.50. The molecule has 0 aromatic heterocycles. The summed E-state index contributed by atoms with van der Waals surface area (Å²) in [5, 5.41) is 11.6. The zero-order valence-corrected chi connectivity index (χ0v) is 12.5. The number of rotatable bonds is 8. The van der Waals surface area contributed by atoms with Gasteiger partial charge in [0.15, 0.2) is 6.61 Å². The topological polar surface area (TPSA) is 75.6 Å². The molecule has 118 valence electrons. The molecule has 0 spiro atoms. The van der Waals surface area contributed by atoms with E-state index < -0.39 is 5.97 Å². The number of amides is 1.